The van der Waals surface area contributed by atoms with E-state index in [9.17, 15) is 0 Å². The quantitative estimate of drug-likeness (QED) is 0.865. The lowest BCUT2D eigenvalue weighted by molar-refractivity contribution is 0.323. The van der Waals surface area contributed by atoms with Gasteiger partial charge in [0.1, 0.15) is 5.75 Å². The molecule has 102 valence electrons. The minimum Gasteiger partial charge on any atom is -0.497 e. The third-order valence-electron chi connectivity index (χ3n) is 4.13. The average molecular weight is 294 g/mol. The van der Waals surface area contributed by atoms with Gasteiger partial charge in [0.25, 0.3) is 0 Å². The van der Waals surface area contributed by atoms with Crippen LogP contribution in [0.1, 0.15) is 19.3 Å². The number of aromatic amines is 1. The van der Waals surface area contributed by atoms with Gasteiger partial charge in [-0.05, 0) is 43.4 Å². The Labute approximate surface area is 122 Å². The van der Waals surface area contributed by atoms with Crippen LogP contribution in [0.2, 0.25) is 0 Å². The molecule has 0 saturated heterocycles. The van der Waals surface area contributed by atoms with E-state index >= 15 is 0 Å². The molecule has 19 heavy (non-hydrogen) atoms. The Bertz CT molecular complexity index is 649. The number of rotatable bonds is 4. The van der Waals surface area contributed by atoms with Gasteiger partial charge in [-0.1, -0.05) is 6.42 Å². The second kappa shape index (κ2) is 4.87. The number of H-pyrrole nitrogens is 1. The lowest BCUT2D eigenvalue weighted by Gasteiger charge is -2.40. The van der Waals surface area contributed by atoms with E-state index in [4.69, 9.17) is 17.0 Å². The number of aromatic nitrogens is 2. The number of nitrogens with one attached hydrogen (secondary N) is 1. The zero-order chi connectivity index (χ0) is 13.5. The van der Waals surface area contributed by atoms with E-state index < -0.39 is 0 Å². The first kappa shape index (κ1) is 13.1. The van der Waals surface area contributed by atoms with Gasteiger partial charge in [0.15, 0.2) is 4.77 Å². The van der Waals surface area contributed by atoms with Crippen LogP contribution >= 0.6 is 24.0 Å². The summed E-state index contributed by atoms with van der Waals surface area (Å²) in [4.78, 5) is 3.29. The molecule has 0 radical (unpaired) electrons. The normalized spacial score (nSPS) is 17.4. The highest BCUT2D eigenvalue weighted by molar-refractivity contribution is 8.00. The minimum atomic E-state index is 0.382. The largest absolute Gasteiger partial charge is 0.497 e. The van der Waals surface area contributed by atoms with E-state index in [0.29, 0.717) is 4.75 Å². The third kappa shape index (κ3) is 2.19. The van der Waals surface area contributed by atoms with Crippen molar-refractivity contribution in [3.63, 3.8) is 0 Å². The van der Waals surface area contributed by atoms with E-state index in [1.807, 2.05) is 23.9 Å². The Balaban J connectivity index is 2.03. The molecule has 2 aromatic rings. The van der Waals surface area contributed by atoms with Crippen LogP contribution in [0.3, 0.4) is 0 Å². The van der Waals surface area contributed by atoms with E-state index in [0.717, 1.165) is 22.6 Å². The smallest absolute Gasteiger partial charge is 0.178 e. The molecule has 0 spiro atoms. The first-order chi connectivity index (χ1) is 9.17. The maximum atomic E-state index is 5.48. The summed E-state index contributed by atoms with van der Waals surface area (Å²) in [6.45, 7) is 0.999. The Morgan fingerprint density at radius 2 is 2.26 bits per heavy atom. The maximum absolute atomic E-state index is 5.48. The molecule has 1 aliphatic rings. The zero-order valence-corrected chi connectivity index (χ0v) is 12.9. The molecule has 1 aromatic heterocycles. The van der Waals surface area contributed by atoms with Crippen molar-refractivity contribution in [1.29, 1.82) is 0 Å². The Morgan fingerprint density at radius 3 is 2.84 bits per heavy atom. The monoisotopic (exact) mass is 294 g/mol. The van der Waals surface area contributed by atoms with Crippen molar-refractivity contribution >= 4 is 35.0 Å². The van der Waals surface area contributed by atoms with Crippen molar-refractivity contribution in [3.8, 4) is 5.75 Å². The van der Waals surface area contributed by atoms with Crippen LogP contribution in [0.15, 0.2) is 18.2 Å². The Morgan fingerprint density at radius 1 is 1.47 bits per heavy atom. The molecule has 1 heterocycles. The molecular formula is C14H18N2OS2. The second-order valence-corrected chi connectivity index (χ2v) is 6.80. The minimum absolute atomic E-state index is 0.382. The standard InChI is InChI=1S/C14H18N2OS2/c1-17-10-4-5-12-11(8-10)15-13(18)16(12)9-14(19-2)6-3-7-14/h4-5,8H,3,6-7,9H2,1-2H3,(H,15,18). The highest BCUT2D eigenvalue weighted by Gasteiger charge is 2.36. The second-order valence-electron chi connectivity index (χ2n) is 5.14. The average Bonchev–Trinajstić information content (AvgIpc) is 2.68. The van der Waals surface area contributed by atoms with Crippen molar-refractivity contribution in [3.05, 3.63) is 23.0 Å². The molecule has 1 saturated carbocycles. The van der Waals surface area contributed by atoms with Gasteiger partial charge in [0.2, 0.25) is 0 Å². The van der Waals surface area contributed by atoms with E-state index in [2.05, 4.69) is 21.9 Å². The fourth-order valence-electron chi connectivity index (χ4n) is 2.71. The van der Waals surface area contributed by atoms with Crippen LogP contribution in [0, 0.1) is 4.77 Å². The van der Waals surface area contributed by atoms with Crippen LogP contribution in [-0.4, -0.2) is 27.7 Å². The maximum Gasteiger partial charge on any atom is 0.178 e. The summed E-state index contributed by atoms with van der Waals surface area (Å²) in [5, 5.41) is 0. The fourth-order valence-corrected chi connectivity index (χ4v) is 3.94. The summed E-state index contributed by atoms with van der Waals surface area (Å²) in [6.07, 6.45) is 6.13. The summed E-state index contributed by atoms with van der Waals surface area (Å²) >= 11 is 7.45. The Hall–Kier alpha value is -0.940. The number of hydrogen-bond acceptors (Lipinski definition) is 3. The van der Waals surface area contributed by atoms with Gasteiger partial charge in [0, 0.05) is 17.4 Å². The van der Waals surface area contributed by atoms with Gasteiger partial charge in [-0.25, -0.2) is 0 Å². The molecule has 1 aliphatic carbocycles. The van der Waals surface area contributed by atoms with Crippen LogP contribution in [0.5, 0.6) is 5.75 Å². The summed E-state index contributed by atoms with van der Waals surface area (Å²) < 4.78 is 8.69. The highest BCUT2D eigenvalue weighted by atomic mass is 32.2. The number of benzene rings is 1. The highest BCUT2D eigenvalue weighted by Crippen LogP contribution is 2.44. The number of fused-ring (bicyclic) bond motifs is 1. The van der Waals surface area contributed by atoms with Crippen molar-refractivity contribution in [2.75, 3.05) is 13.4 Å². The van der Waals surface area contributed by atoms with Crippen LogP contribution in [0.4, 0.5) is 0 Å². The van der Waals surface area contributed by atoms with Crippen molar-refractivity contribution < 1.29 is 4.74 Å². The predicted octanol–water partition coefficient (Wildman–Crippen LogP) is 3.99. The summed E-state index contributed by atoms with van der Waals surface area (Å²) in [5.41, 5.74) is 2.23. The molecule has 0 atom stereocenters. The molecule has 3 rings (SSSR count). The van der Waals surface area contributed by atoms with Crippen LogP contribution in [-0.2, 0) is 6.54 Å². The van der Waals surface area contributed by atoms with Gasteiger partial charge in [-0.15, -0.1) is 0 Å². The van der Waals surface area contributed by atoms with Crippen LogP contribution < -0.4 is 4.74 Å². The number of ether oxygens (including phenoxy) is 1. The molecule has 0 bridgehead atoms. The van der Waals surface area contributed by atoms with Gasteiger partial charge < -0.3 is 14.3 Å². The topological polar surface area (TPSA) is 29.9 Å². The summed E-state index contributed by atoms with van der Waals surface area (Å²) in [5.74, 6) is 0.860. The molecule has 1 fully saturated rings. The van der Waals surface area contributed by atoms with E-state index in [-0.39, 0.29) is 0 Å². The van der Waals surface area contributed by atoms with Gasteiger partial charge in [-0.3, -0.25) is 0 Å². The van der Waals surface area contributed by atoms with Gasteiger partial charge >= 0.3 is 0 Å². The first-order valence-electron chi connectivity index (χ1n) is 6.49. The molecular weight excluding hydrogens is 276 g/mol. The molecule has 0 amide bonds. The molecule has 0 aliphatic heterocycles. The Kier molecular flexibility index (Phi) is 3.35. The van der Waals surface area contributed by atoms with Gasteiger partial charge in [-0.2, -0.15) is 11.8 Å². The number of hydrogen-bond donors (Lipinski definition) is 1. The number of thioether (sulfide) groups is 1. The number of imidazole rings is 1. The predicted molar refractivity (Wildman–Crippen MR) is 83.8 cm³/mol. The molecule has 0 unspecified atom stereocenters. The van der Waals surface area contributed by atoms with Crippen molar-refractivity contribution in [2.24, 2.45) is 0 Å². The van der Waals surface area contributed by atoms with Crippen molar-refractivity contribution in [2.45, 2.75) is 30.6 Å². The lowest BCUT2D eigenvalue weighted by Crippen LogP contribution is -2.37. The lowest BCUT2D eigenvalue weighted by atomic mass is 9.84. The summed E-state index contributed by atoms with van der Waals surface area (Å²) in [6, 6.07) is 6.09. The number of methoxy groups -OCH3 is 1. The molecule has 3 nitrogen and oxygen atoms in total. The number of nitrogens with zero attached hydrogens (tertiary/aromatic N) is 1. The van der Waals surface area contributed by atoms with E-state index in [1.165, 1.54) is 24.8 Å². The SMILES string of the molecule is COc1ccc2c(c1)[nH]c(=S)n2CC1(SC)CCC1. The molecule has 1 N–H and O–H groups in total. The molecule has 1 aromatic carbocycles. The van der Waals surface area contributed by atoms with Crippen molar-refractivity contribution in [1.82, 2.24) is 9.55 Å². The first-order valence-corrected chi connectivity index (χ1v) is 8.12. The molecule has 5 heteroatoms. The van der Waals surface area contributed by atoms with Gasteiger partial charge in [0.05, 0.1) is 18.1 Å². The summed E-state index contributed by atoms with van der Waals surface area (Å²) in [7, 11) is 1.68. The third-order valence-corrected chi connectivity index (χ3v) is 5.85. The van der Waals surface area contributed by atoms with E-state index in [1.54, 1.807) is 7.11 Å². The fraction of sp³-hybridized carbons (Fsp3) is 0.500. The van der Waals surface area contributed by atoms with Crippen LogP contribution in [0.25, 0.3) is 11.0 Å². The zero-order valence-electron chi connectivity index (χ0n) is 11.2.